The summed E-state index contributed by atoms with van der Waals surface area (Å²) < 4.78 is 1.26. The second-order valence-corrected chi connectivity index (χ2v) is 8.77. The molecule has 4 heterocycles. The minimum absolute atomic E-state index is 0.111. The molecule has 5 rings (SSSR count). The zero-order chi connectivity index (χ0) is 19.3. The number of benzene rings is 1. The van der Waals surface area contributed by atoms with E-state index in [-0.39, 0.29) is 17.5 Å². The highest BCUT2D eigenvalue weighted by atomic mass is 32.1. The molecule has 7 heteroatoms. The number of hydrogen-bond acceptors (Lipinski definition) is 5. The number of thiophene rings is 2. The number of nitrogens with zero attached hydrogens (tertiary/aromatic N) is 3. The van der Waals surface area contributed by atoms with Gasteiger partial charge in [-0.1, -0.05) is 24.3 Å². The highest BCUT2D eigenvalue weighted by Crippen LogP contribution is 2.40. The average molecular weight is 408 g/mol. The Morgan fingerprint density at radius 3 is 2.68 bits per heavy atom. The molecule has 0 spiro atoms. The summed E-state index contributed by atoms with van der Waals surface area (Å²) in [6.07, 6.45) is 0.838. The van der Waals surface area contributed by atoms with E-state index in [4.69, 9.17) is 0 Å². The predicted molar refractivity (Wildman–Crippen MR) is 112 cm³/mol. The minimum Gasteiger partial charge on any atom is -0.325 e. The molecule has 0 unspecified atom stereocenters. The fourth-order valence-corrected chi connectivity index (χ4v) is 5.64. The Hall–Kier alpha value is -2.77. The number of carbonyl (C=O) groups excluding carboxylic acids is 1. The fraction of sp³-hybridized carbons (Fsp3) is 0.190. The highest BCUT2D eigenvalue weighted by molar-refractivity contribution is 7.10. The molecule has 28 heavy (non-hydrogen) atoms. The van der Waals surface area contributed by atoms with Gasteiger partial charge >= 0.3 is 0 Å². The molecule has 1 aromatic carbocycles. The van der Waals surface area contributed by atoms with Crippen LogP contribution in [0.3, 0.4) is 0 Å². The molecule has 0 fully saturated rings. The molecule has 0 saturated carbocycles. The van der Waals surface area contributed by atoms with Crippen molar-refractivity contribution >= 4 is 39.4 Å². The van der Waals surface area contributed by atoms with Crippen LogP contribution in [0, 0.1) is 0 Å². The number of aryl methyl sites for hydroxylation is 1. The van der Waals surface area contributed by atoms with Crippen molar-refractivity contribution in [1.82, 2.24) is 14.7 Å². The van der Waals surface area contributed by atoms with E-state index in [1.807, 2.05) is 28.5 Å². The van der Waals surface area contributed by atoms with Gasteiger partial charge in [0.05, 0.1) is 11.4 Å². The third kappa shape index (κ3) is 2.62. The van der Waals surface area contributed by atoms with Gasteiger partial charge < -0.3 is 4.90 Å². The van der Waals surface area contributed by atoms with Gasteiger partial charge in [0.25, 0.3) is 11.5 Å². The molecule has 0 radical (unpaired) electrons. The zero-order valence-corrected chi connectivity index (χ0v) is 16.8. The van der Waals surface area contributed by atoms with Gasteiger partial charge in [-0.2, -0.15) is 5.10 Å². The Morgan fingerprint density at radius 2 is 1.89 bits per heavy atom. The van der Waals surface area contributed by atoms with Crippen LogP contribution in [0.2, 0.25) is 0 Å². The molecular weight excluding hydrogens is 390 g/mol. The first-order valence-electron chi connectivity index (χ1n) is 9.02. The largest absolute Gasteiger partial charge is 0.325 e. The van der Waals surface area contributed by atoms with Gasteiger partial charge in [0.2, 0.25) is 0 Å². The Balaban J connectivity index is 1.67. The van der Waals surface area contributed by atoms with E-state index in [1.54, 1.807) is 41.9 Å². The maximum atomic E-state index is 13.7. The van der Waals surface area contributed by atoms with Crippen LogP contribution in [0.15, 0.2) is 58.0 Å². The predicted octanol–water partition coefficient (Wildman–Crippen LogP) is 3.84. The van der Waals surface area contributed by atoms with Crippen LogP contribution in [-0.2, 0) is 13.5 Å². The van der Waals surface area contributed by atoms with E-state index in [9.17, 15) is 9.59 Å². The average Bonchev–Trinajstić information content (AvgIpc) is 3.41. The van der Waals surface area contributed by atoms with Crippen molar-refractivity contribution in [2.45, 2.75) is 12.5 Å². The van der Waals surface area contributed by atoms with Crippen molar-refractivity contribution < 1.29 is 4.79 Å². The van der Waals surface area contributed by atoms with E-state index < -0.39 is 0 Å². The Kier molecular flexibility index (Phi) is 4.14. The second-order valence-electron chi connectivity index (χ2n) is 6.79. The maximum Gasteiger partial charge on any atom is 0.275 e. The Labute approximate surface area is 169 Å². The molecule has 4 aromatic rings. The molecule has 1 aliphatic rings. The van der Waals surface area contributed by atoms with Gasteiger partial charge in [-0.15, -0.1) is 22.7 Å². The van der Waals surface area contributed by atoms with Crippen LogP contribution >= 0.6 is 22.7 Å². The lowest BCUT2D eigenvalue weighted by Gasteiger charge is -2.35. The molecule has 3 aromatic heterocycles. The lowest BCUT2D eigenvalue weighted by Crippen LogP contribution is -2.41. The van der Waals surface area contributed by atoms with Gasteiger partial charge in [0.15, 0.2) is 5.69 Å². The summed E-state index contributed by atoms with van der Waals surface area (Å²) in [5.74, 6) is -0.137. The summed E-state index contributed by atoms with van der Waals surface area (Å²) in [5, 5.41) is 9.62. The number of fused-ring (bicyclic) bond motifs is 2. The van der Waals surface area contributed by atoms with Crippen LogP contribution in [0.25, 0.3) is 10.8 Å². The first kappa shape index (κ1) is 17.3. The third-order valence-corrected chi connectivity index (χ3v) is 7.12. The Bertz CT molecular complexity index is 1240. The molecule has 140 valence electrons. The molecular formula is C21H17N3O2S2. The molecule has 0 bridgehead atoms. The quantitative estimate of drug-likeness (QED) is 0.507. The highest BCUT2D eigenvalue weighted by Gasteiger charge is 2.35. The van der Waals surface area contributed by atoms with Crippen molar-refractivity contribution in [1.29, 1.82) is 0 Å². The molecule has 0 N–H and O–H groups in total. The first-order chi connectivity index (χ1) is 13.6. The van der Waals surface area contributed by atoms with Crippen LogP contribution in [0.4, 0.5) is 0 Å². The van der Waals surface area contributed by atoms with Gasteiger partial charge in [-0.3, -0.25) is 9.59 Å². The lowest BCUT2D eigenvalue weighted by molar-refractivity contribution is 0.0692. The number of rotatable bonds is 2. The van der Waals surface area contributed by atoms with Gasteiger partial charge in [-0.05, 0) is 40.9 Å². The van der Waals surface area contributed by atoms with E-state index in [0.717, 1.165) is 11.3 Å². The summed E-state index contributed by atoms with van der Waals surface area (Å²) in [7, 11) is 1.59. The van der Waals surface area contributed by atoms with Crippen molar-refractivity contribution in [3.63, 3.8) is 0 Å². The normalized spacial score (nSPS) is 16.3. The van der Waals surface area contributed by atoms with Crippen molar-refractivity contribution in [3.05, 3.63) is 84.6 Å². The molecule has 0 saturated heterocycles. The number of carbonyl (C=O) groups is 1. The van der Waals surface area contributed by atoms with E-state index >= 15 is 0 Å². The molecule has 1 aliphatic heterocycles. The standard InChI is InChI=1S/C21H17N3O2S2/c1-23-20(25)14-6-3-2-5-13(14)18(22-23)21(26)24-10-8-16-15(9-12-28-16)19(24)17-7-4-11-27-17/h2-7,9,11-12,19H,8,10H2,1H3/t19-/m0/s1. The topological polar surface area (TPSA) is 55.2 Å². The first-order valence-corrected chi connectivity index (χ1v) is 10.8. The lowest BCUT2D eigenvalue weighted by atomic mass is 9.97. The molecule has 5 nitrogen and oxygen atoms in total. The summed E-state index contributed by atoms with van der Waals surface area (Å²) in [5.41, 5.74) is 1.33. The fourth-order valence-electron chi connectivity index (χ4n) is 3.88. The van der Waals surface area contributed by atoms with Crippen LogP contribution in [0.5, 0.6) is 0 Å². The number of aromatic nitrogens is 2. The van der Waals surface area contributed by atoms with Crippen LogP contribution < -0.4 is 5.56 Å². The van der Waals surface area contributed by atoms with Crippen LogP contribution in [0.1, 0.15) is 31.8 Å². The SMILES string of the molecule is Cn1nc(C(=O)N2CCc3sccc3[C@H]2c2cccs2)c2ccccc2c1=O. The van der Waals surface area contributed by atoms with Gasteiger partial charge in [-0.25, -0.2) is 4.68 Å². The van der Waals surface area contributed by atoms with E-state index in [2.05, 4.69) is 22.6 Å². The third-order valence-electron chi connectivity index (χ3n) is 5.20. The van der Waals surface area contributed by atoms with Crippen molar-refractivity contribution in [3.8, 4) is 0 Å². The summed E-state index contributed by atoms with van der Waals surface area (Å²) in [4.78, 5) is 30.5. The Morgan fingerprint density at radius 1 is 1.07 bits per heavy atom. The molecule has 1 amide bonds. The summed E-state index contributed by atoms with van der Waals surface area (Å²) >= 11 is 3.41. The smallest absolute Gasteiger partial charge is 0.275 e. The molecule has 0 aliphatic carbocycles. The van der Waals surface area contributed by atoms with Gasteiger partial charge in [0, 0.05) is 28.7 Å². The van der Waals surface area contributed by atoms with E-state index in [1.165, 1.54) is 15.1 Å². The minimum atomic E-state index is -0.194. The molecule has 1 atom stereocenters. The number of hydrogen-bond donors (Lipinski definition) is 0. The van der Waals surface area contributed by atoms with Crippen molar-refractivity contribution in [2.75, 3.05) is 6.54 Å². The van der Waals surface area contributed by atoms with Crippen LogP contribution in [-0.4, -0.2) is 27.1 Å². The number of amides is 1. The van der Waals surface area contributed by atoms with Gasteiger partial charge in [0.1, 0.15) is 0 Å². The second kappa shape index (κ2) is 6.68. The maximum absolute atomic E-state index is 13.7. The van der Waals surface area contributed by atoms with Crippen molar-refractivity contribution in [2.24, 2.45) is 7.05 Å². The summed E-state index contributed by atoms with van der Waals surface area (Å²) in [6, 6.07) is 13.3. The summed E-state index contributed by atoms with van der Waals surface area (Å²) in [6.45, 7) is 0.633. The monoisotopic (exact) mass is 407 g/mol. The van der Waals surface area contributed by atoms with E-state index in [0.29, 0.717) is 23.0 Å². The zero-order valence-electron chi connectivity index (χ0n) is 15.2.